The number of rotatable bonds is 10. The number of aliphatic hydroxyl groups excluding tert-OH is 1. The summed E-state index contributed by atoms with van der Waals surface area (Å²) in [5.74, 6) is 0. The van der Waals surface area contributed by atoms with Crippen LogP contribution in [-0.4, -0.2) is 24.8 Å². The van der Waals surface area contributed by atoms with Crippen molar-refractivity contribution < 1.29 is 5.11 Å². The third-order valence-electron chi connectivity index (χ3n) is 2.83. The molecule has 0 rings (SSSR count). The number of hydrogen-bond acceptors (Lipinski definition) is 2. The van der Waals surface area contributed by atoms with Crippen molar-refractivity contribution in [3.63, 3.8) is 0 Å². The molecule has 0 spiro atoms. The van der Waals surface area contributed by atoms with Crippen LogP contribution in [0, 0.1) is 0 Å². The van der Waals surface area contributed by atoms with Crippen LogP contribution in [0.1, 0.15) is 46.0 Å². The van der Waals surface area contributed by atoms with Gasteiger partial charge in [0.15, 0.2) is 0 Å². The monoisotopic (exact) mass is 287 g/mol. The van der Waals surface area contributed by atoms with Gasteiger partial charge in [-0.15, -0.1) is 5.73 Å². The molecule has 1 atom stereocenters. The third-order valence-corrected chi connectivity index (χ3v) is 2.83. The van der Waals surface area contributed by atoms with Gasteiger partial charge in [0.25, 0.3) is 0 Å². The molecule has 0 aromatic heterocycles. The highest BCUT2D eigenvalue weighted by Gasteiger charge is 1.99. The van der Waals surface area contributed by atoms with Crippen molar-refractivity contribution in [2.75, 3.05) is 13.6 Å². The predicted molar refractivity (Wildman–Crippen MR) is 91.3 cm³/mol. The molecule has 0 aliphatic carbocycles. The molecule has 0 fully saturated rings. The molecule has 116 valence electrons. The van der Waals surface area contributed by atoms with Gasteiger partial charge in [-0.2, -0.15) is 0 Å². The van der Waals surface area contributed by atoms with Crippen LogP contribution in [0.5, 0.6) is 0 Å². The molecule has 0 aliphatic heterocycles. The van der Waals surface area contributed by atoms with E-state index in [2.05, 4.69) is 29.4 Å². The Hall–Kier alpha value is -1.52. The Balaban J connectivity index is 4.15. The topological polar surface area (TPSA) is 32.3 Å². The Labute approximate surface area is 130 Å². The van der Waals surface area contributed by atoms with Gasteiger partial charge in [0.2, 0.25) is 0 Å². The van der Waals surface area contributed by atoms with Crippen molar-refractivity contribution in [3.8, 4) is 0 Å². The average Bonchev–Trinajstić information content (AvgIpc) is 2.46. The maximum atomic E-state index is 9.58. The first-order valence-electron chi connectivity index (χ1n) is 7.77. The first-order chi connectivity index (χ1) is 10.2. The van der Waals surface area contributed by atoms with Crippen LogP contribution < -0.4 is 5.32 Å². The van der Waals surface area contributed by atoms with Crippen LogP contribution in [0.25, 0.3) is 0 Å². The van der Waals surface area contributed by atoms with Crippen LogP contribution in [0.4, 0.5) is 0 Å². The first kappa shape index (κ1) is 19.5. The molecule has 2 N–H and O–H groups in total. The molecule has 2 nitrogen and oxygen atoms in total. The van der Waals surface area contributed by atoms with E-state index in [1.54, 1.807) is 0 Å². The van der Waals surface area contributed by atoms with E-state index in [4.69, 9.17) is 0 Å². The van der Waals surface area contributed by atoms with Gasteiger partial charge < -0.3 is 10.4 Å². The quantitative estimate of drug-likeness (QED) is 0.361. The molecule has 1 unspecified atom stereocenters. The van der Waals surface area contributed by atoms with Gasteiger partial charge in [-0.05, 0) is 70.0 Å². The van der Waals surface area contributed by atoms with Gasteiger partial charge in [0.1, 0.15) is 0 Å². The van der Waals surface area contributed by atoms with Crippen molar-refractivity contribution in [2.24, 2.45) is 0 Å². The number of hydrogen-bond donors (Lipinski definition) is 2. The zero-order chi connectivity index (χ0) is 15.8. The van der Waals surface area contributed by atoms with Gasteiger partial charge in [-0.3, -0.25) is 0 Å². The van der Waals surface area contributed by atoms with Crippen molar-refractivity contribution in [1.82, 2.24) is 5.32 Å². The van der Waals surface area contributed by atoms with E-state index >= 15 is 0 Å². The highest BCUT2D eigenvalue weighted by molar-refractivity contribution is 5.19. The second-order valence-corrected chi connectivity index (χ2v) is 4.97. The standard InChI is InChI=1S/C19H29NO/c1-4-13-19(21)16-11-8-10-15-18(2)14-9-6-5-7-12-17-20-3/h6-9,14,19-21H,4,11-13,16-17H2,1-3H3/b14-9+,18-8?. The predicted octanol–water partition coefficient (Wildman–Crippen LogP) is 4.06. The lowest BCUT2D eigenvalue weighted by molar-refractivity contribution is 0.155. The molecular weight excluding hydrogens is 258 g/mol. The largest absolute Gasteiger partial charge is 0.393 e. The SMILES string of the molecule is CCCC(O)CCC=C=C=C(C)/C=C/C=C=CCCNC. The van der Waals surface area contributed by atoms with E-state index in [0.717, 1.165) is 44.2 Å². The Morgan fingerprint density at radius 3 is 2.76 bits per heavy atom. The van der Waals surface area contributed by atoms with Crippen LogP contribution in [0.3, 0.4) is 0 Å². The molecule has 21 heavy (non-hydrogen) atoms. The van der Waals surface area contributed by atoms with Crippen molar-refractivity contribution >= 4 is 0 Å². The Kier molecular flexibility index (Phi) is 13.8. The lowest BCUT2D eigenvalue weighted by Crippen LogP contribution is -2.05. The summed E-state index contributed by atoms with van der Waals surface area (Å²) < 4.78 is 0. The minimum absolute atomic E-state index is 0.183. The van der Waals surface area contributed by atoms with Crippen LogP contribution >= 0.6 is 0 Å². The molecule has 0 aromatic carbocycles. The van der Waals surface area contributed by atoms with E-state index in [9.17, 15) is 5.11 Å². The second-order valence-electron chi connectivity index (χ2n) is 4.97. The molecule has 0 saturated heterocycles. The van der Waals surface area contributed by atoms with Gasteiger partial charge in [0, 0.05) is 0 Å². The molecular formula is C19H29NO. The van der Waals surface area contributed by atoms with Gasteiger partial charge >= 0.3 is 0 Å². The van der Waals surface area contributed by atoms with Crippen LogP contribution in [0.2, 0.25) is 0 Å². The first-order valence-corrected chi connectivity index (χ1v) is 7.77. The maximum Gasteiger partial charge on any atom is 0.0543 e. The molecule has 0 heterocycles. The Bertz CT molecular complexity index is 440. The number of nitrogens with one attached hydrogen (secondary N) is 1. The average molecular weight is 287 g/mol. The molecule has 0 bridgehead atoms. The van der Waals surface area contributed by atoms with Crippen LogP contribution in [0.15, 0.2) is 53.1 Å². The van der Waals surface area contributed by atoms with Crippen LogP contribution in [-0.2, 0) is 0 Å². The van der Waals surface area contributed by atoms with E-state index in [0.29, 0.717) is 0 Å². The summed E-state index contributed by atoms with van der Waals surface area (Å²) in [6.45, 7) is 5.05. The highest BCUT2D eigenvalue weighted by Crippen LogP contribution is 2.04. The molecule has 0 saturated carbocycles. The van der Waals surface area contributed by atoms with Crippen molar-refractivity contribution in [3.05, 3.63) is 53.1 Å². The number of aliphatic hydroxyl groups is 1. The van der Waals surface area contributed by atoms with Crippen molar-refractivity contribution in [2.45, 2.75) is 52.1 Å². The molecule has 0 radical (unpaired) electrons. The Morgan fingerprint density at radius 1 is 1.24 bits per heavy atom. The molecule has 0 aromatic rings. The fourth-order valence-corrected chi connectivity index (χ4v) is 1.65. The zero-order valence-electron chi connectivity index (χ0n) is 13.7. The van der Waals surface area contributed by atoms with Crippen molar-refractivity contribution in [1.29, 1.82) is 0 Å². The summed E-state index contributed by atoms with van der Waals surface area (Å²) in [6.07, 6.45) is 14.1. The Morgan fingerprint density at radius 2 is 2.05 bits per heavy atom. The zero-order valence-corrected chi connectivity index (χ0v) is 13.7. The van der Waals surface area contributed by atoms with E-state index in [-0.39, 0.29) is 6.10 Å². The fourth-order valence-electron chi connectivity index (χ4n) is 1.65. The number of allylic oxidation sites excluding steroid dienone is 4. The van der Waals surface area contributed by atoms with E-state index in [1.165, 1.54) is 0 Å². The third kappa shape index (κ3) is 14.7. The maximum absolute atomic E-state index is 9.58. The summed E-state index contributed by atoms with van der Waals surface area (Å²) in [5.41, 5.74) is 10.2. The lowest BCUT2D eigenvalue weighted by atomic mass is 10.1. The minimum Gasteiger partial charge on any atom is -0.393 e. The molecule has 0 amide bonds. The fraction of sp³-hybridized carbons (Fsp3) is 0.526. The van der Waals surface area contributed by atoms with E-state index in [1.807, 2.05) is 44.4 Å². The normalized spacial score (nSPS) is 11.2. The highest BCUT2D eigenvalue weighted by atomic mass is 16.3. The summed E-state index contributed by atoms with van der Waals surface area (Å²) in [7, 11) is 1.94. The smallest absolute Gasteiger partial charge is 0.0543 e. The van der Waals surface area contributed by atoms with E-state index < -0.39 is 0 Å². The lowest BCUT2D eigenvalue weighted by Gasteiger charge is -2.05. The summed E-state index contributed by atoms with van der Waals surface area (Å²) in [5, 5.41) is 12.7. The molecule has 0 aliphatic rings. The van der Waals surface area contributed by atoms with Gasteiger partial charge in [0.05, 0.1) is 6.10 Å². The summed E-state index contributed by atoms with van der Waals surface area (Å²) in [4.78, 5) is 0. The van der Waals surface area contributed by atoms with Gasteiger partial charge in [-0.25, -0.2) is 0 Å². The summed E-state index contributed by atoms with van der Waals surface area (Å²) in [6, 6.07) is 0. The second kappa shape index (κ2) is 14.9. The minimum atomic E-state index is -0.183. The van der Waals surface area contributed by atoms with Gasteiger partial charge in [-0.1, -0.05) is 37.0 Å². The molecule has 2 heteroatoms. The summed E-state index contributed by atoms with van der Waals surface area (Å²) >= 11 is 0.